The number of hydrogen-bond acceptors (Lipinski definition) is 5. The van der Waals surface area contributed by atoms with Gasteiger partial charge in [-0.15, -0.1) is 0 Å². The minimum atomic E-state index is -0.943. The number of aromatic nitrogens is 1. The van der Waals surface area contributed by atoms with Crippen LogP contribution >= 0.6 is 0 Å². The quantitative estimate of drug-likeness (QED) is 0.902. The fourth-order valence-electron chi connectivity index (χ4n) is 2.91. The van der Waals surface area contributed by atoms with Crippen molar-refractivity contribution in [2.75, 3.05) is 31.2 Å². The number of benzene rings is 1. The van der Waals surface area contributed by atoms with E-state index in [9.17, 15) is 9.90 Å². The highest BCUT2D eigenvalue weighted by molar-refractivity contribution is 6.03. The standard InChI is InChI=1S/C15H14N2O4/c18-14(19)11-3-4-16-13-2-1-10(7-12(11)13)17-8-15(9-17)20-5-6-21-15/h1-4,7H,5-6,8-9H2,(H,18,19). The van der Waals surface area contributed by atoms with E-state index in [1.807, 2.05) is 18.2 Å². The van der Waals surface area contributed by atoms with Crippen LogP contribution in [0.2, 0.25) is 0 Å². The largest absolute Gasteiger partial charge is 0.478 e. The summed E-state index contributed by atoms with van der Waals surface area (Å²) in [5.41, 5.74) is 1.91. The highest BCUT2D eigenvalue weighted by atomic mass is 16.7. The summed E-state index contributed by atoms with van der Waals surface area (Å²) in [5.74, 6) is -1.40. The second-order valence-electron chi connectivity index (χ2n) is 5.33. The zero-order chi connectivity index (χ0) is 14.4. The van der Waals surface area contributed by atoms with E-state index in [-0.39, 0.29) is 5.56 Å². The molecular formula is C15H14N2O4. The Kier molecular flexibility index (Phi) is 2.63. The molecule has 0 saturated carbocycles. The summed E-state index contributed by atoms with van der Waals surface area (Å²) >= 11 is 0. The number of carboxylic acids is 1. The molecule has 1 spiro atoms. The van der Waals surface area contributed by atoms with E-state index in [0.29, 0.717) is 37.2 Å². The van der Waals surface area contributed by atoms with Gasteiger partial charge in [0.05, 0.1) is 37.4 Å². The topological polar surface area (TPSA) is 71.9 Å². The molecule has 6 nitrogen and oxygen atoms in total. The number of fused-ring (bicyclic) bond motifs is 1. The van der Waals surface area contributed by atoms with Crippen LogP contribution in [-0.4, -0.2) is 48.2 Å². The molecule has 1 N–H and O–H groups in total. The number of aromatic carboxylic acids is 1. The molecule has 1 aromatic carbocycles. The van der Waals surface area contributed by atoms with Gasteiger partial charge in [0.15, 0.2) is 0 Å². The number of hydrogen-bond donors (Lipinski definition) is 1. The molecule has 0 atom stereocenters. The molecule has 2 saturated heterocycles. The Balaban J connectivity index is 1.68. The van der Waals surface area contributed by atoms with Gasteiger partial charge in [0.2, 0.25) is 5.79 Å². The van der Waals surface area contributed by atoms with Crippen LogP contribution in [0.3, 0.4) is 0 Å². The van der Waals surface area contributed by atoms with Gasteiger partial charge in [-0.05, 0) is 24.3 Å². The van der Waals surface area contributed by atoms with Gasteiger partial charge in [0.25, 0.3) is 0 Å². The van der Waals surface area contributed by atoms with Gasteiger partial charge in [-0.2, -0.15) is 0 Å². The third kappa shape index (κ3) is 1.95. The zero-order valence-corrected chi connectivity index (χ0v) is 11.3. The molecule has 21 heavy (non-hydrogen) atoms. The van der Waals surface area contributed by atoms with Crippen molar-refractivity contribution in [3.05, 3.63) is 36.0 Å². The number of pyridine rings is 1. The molecule has 0 unspecified atom stereocenters. The van der Waals surface area contributed by atoms with E-state index in [4.69, 9.17) is 9.47 Å². The number of carboxylic acid groups (broad SMARTS) is 1. The van der Waals surface area contributed by atoms with E-state index in [1.54, 1.807) is 0 Å². The maximum Gasteiger partial charge on any atom is 0.336 e. The first-order valence-corrected chi connectivity index (χ1v) is 6.82. The summed E-state index contributed by atoms with van der Waals surface area (Å²) in [6, 6.07) is 7.18. The Morgan fingerprint density at radius 3 is 2.71 bits per heavy atom. The third-order valence-electron chi connectivity index (χ3n) is 4.00. The molecule has 2 aliphatic heterocycles. The molecule has 6 heteroatoms. The van der Waals surface area contributed by atoms with Gasteiger partial charge >= 0.3 is 5.97 Å². The number of ether oxygens (including phenoxy) is 2. The molecule has 108 valence electrons. The number of rotatable bonds is 2. The third-order valence-corrected chi connectivity index (χ3v) is 4.00. The first-order chi connectivity index (χ1) is 10.2. The maximum atomic E-state index is 11.3. The molecule has 1 aromatic heterocycles. The molecule has 3 heterocycles. The Morgan fingerprint density at radius 1 is 1.24 bits per heavy atom. The summed E-state index contributed by atoms with van der Waals surface area (Å²) < 4.78 is 11.2. The molecule has 0 aliphatic carbocycles. The zero-order valence-electron chi connectivity index (χ0n) is 11.3. The van der Waals surface area contributed by atoms with Crippen LogP contribution in [0.15, 0.2) is 30.5 Å². The summed E-state index contributed by atoms with van der Waals surface area (Å²) in [7, 11) is 0. The molecule has 0 amide bonds. The van der Waals surface area contributed by atoms with Crippen molar-refractivity contribution in [2.45, 2.75) is 5.79 Å². The summed E-state index contributed by atoms with van der Waals surface area (Å²) in [6.45, 7) is 2.61. The predicted octanol–water partition coefficient (Wildman–Crippen LogP) is 1.50. The van der Waals surface area contributed by atoms with E-state index in [0.717, 1.165) is 5.69 Å². The lowest BCUT2D eigenvalue weighted by atomic mass is 10.0. The predicted molar refractivity (Wildman–Crippen MR) is 75.6 cm³/mol. The normalized spacial score (nSPS) is 19.9. The Labute approximate surface area is 120 Å². The van der Waals surface area contributed by atoms with Crippen LogP contribution in [0.5, 0.6) is 0 Å². The molecule has 2 fully saturated rings. The minimum Gasteiger partial charge on any atom is -0.478 e. The van der Waals surface area contributed by atoms with Crippen molar-refractivity contribution in [3.63, 3.8) is 0 Å². The fourth-order valence-corrected chi connectivity index (χ4v) is 2.91. The highest BCUT2D eigenvalue weighted by Crippen LogP contribution is 2.35. The molecule has 2 aliphatic rings. The Morgan fingerprint density at radius 2 is 2.00 bits per heavy atom. The lowest BCUT2D eigenvalue weighted by Crippen LogP contribution is -2.62. The van der Waals surface area contributed by atoms with Gasteiger partial charge in [-0.1, -0.05) is 0 Å². The van der Waals surface area contributed by atoms with Crippen molar-refractivity contribution in [2.24, 2.45) is 0 Å². The average Bonchev–Trinajstić information content (AvgIpc) is 2.94. The van der Waals surface area contributed by atoms with Crippen LogP contribution in [-0.2, 0) is 9.47 Å². The number of nitrogens with zero attached hydrogens (tertiary/aromatic N) is 2. The summed E-state index contributed by atoms with van der Waals surface area (Å²) in [6.07, 6.45) is 1.52. The van der Waals surface area contributed by atoms with Crippen molar-refractivity contribution >= 4 is 22.6 Å². The molecule has 2 aromatic rings. The highest BCUT2D eigenvalue weighted by Gasteiger charge is 2.48. The van der Waals surface area contributed by atoms with Crippen molar-refractivity contribution in [3.8, 4) is 0 Å². The van der Waals surface area contributed by atoms with Gasteiger partial charge < -0.3 is 19.5 Å². The van der Waals surface area contributed by atoms with Crippen molar-refractivity contribution in [1.29, 1.82) is 0 Å². The minimum absolute atomic E-state index is 0.269. The van der Waals surface area contributed by atoms with E-state index < -0.39 is 11.8 Å². The van der Waals surface area contributed by atoms with Crippen LogP contribution < -0.4 is 4.90 Å². The van der Waals surface area contributed by atoms with Gasteiger partial charge in [0, 0.05) is 17.3 Å². The summed E-state index contributed by atoms with van der Waals surface area (Å²) in [5, 5.41) is 9.92. The first-order valence-electron chi connectivity index (χ1n) is 6.82. The van der Waals surface area contributed by atoms with Crippen LogP contribution in [0, 0.1) is 0 Å². The second-order valence-corrected chi connectivity index (χ2v) is 5.33. The first kappa shape index (κ1) is 12.6. The van der Waals surface area contributed by atoms with Crippen molar-refractivity contribution < 1.29 is 19.4 Å². The molecule has 0 radical (unpaired) electrons. The van der Waals surface area contributed by atoms with Crippen LogP contribution in [0.4, 0.5) is 5.69 Å². The molecular weight excluding hydrogens is 272 g/mol. The van der Waals surface area contributed by atoms with Gasteiger partial charge in [-0.25, -0.2) is 4.79 Å². The Bertz CT molecular complexity index is 717. The second kappa shape index (κ2) is 4.41. The van der Waals surface area contributed by atoms with Crippen molar-refractivity contribution in [1.82, 2.24) is 4.98 Å². The monoisotopic (exact) mass is 286 g/mol. The maximum absolute atomic E-state index is 11.3. The average molecular weight is 286 g/mol. The SMILES string of the molecule is O=C(O)c1ccnc2ccc(N3CC4(C3)OCCO4)cc12. The smallest absolute Gasteiger partial charge is 0.336 e. The summed E-state index contributed by atoms with van der Waals surface area (Å²) in [4.78, 5) is 17.6. The lowest BCUT2D eigenvalue weighted by molar-refractivity contribution is -0.172. The van der Waals surface area contributed by atoms with Gasteiger partial charge in [-0.3, -0.25) is 4.98 Å². The van der Waals surface area contributed by atoms with E-state index >= 15 is 0 Å². The fraction of sp³-hybridized carbons (Fsp3) is 0.333. The van der Waals surface area contributed by atoms with Gasteiger partial charge in [0.1, 0.15) is 0 Å². The van der Waals surface area contributed by atoms with Crippen LogP contribution in [0.25, 0.3) is 10.9 Å². The number of anilines is 1. The Hall–Kier alpha value is -2.18. The molecule has 0 bridgehead atoms. The number of carbonyl (C=O) groups is 1. The van der Waals surface area contributed by atoms with E-state index in [2.05, 4.69) is 9.88 Å². The van der Waals surface area contributed by atoms with Crippen LogP contribution in [0.1, 0.15) is 10.4 Å². The van der Waals surface area contributed by atoms with E-state index in [1.165, 1.54) is 12.3 Å². The lowest BCUT2D eigenvalue weighted by Gasteiger charge is -2.47. The molecule has 4 rings (SSSR count).